The zero-order valence-corrected chi connectivity index (χ0v) is 19.6. The van der Waals surface area contributed by atoms with E-state index in [1.165, 1.54) is 0 Å². The zero-order valence-electron chi connectivity index (χ0n) is 18.4. The molecule has 1 atom stereocenters. The fourth-order valence-corrected chi connectivity index (χ4v) is 5.32. The Morgan fingerprint density at radius 3 is 1.34 bits per heavy atom. The van der Waals surface area contributed by atoms with Crippen molar-refractivity contribution in [3.63, 3.8) is 0 Å². The molecule has 32 heavy (non-hydrogen) atoms. The maximum Gasteiger partial charge on any atom is 0.124 e. The molecule has 0 heterocycles. The van der Waals surface area contributed by atoms with E-state index in [4.69, 9.17) is 0 Å². The second-order valence-electron chi connectivity index (χ2n) is 8.40. The first-order valence-electron chi connectivity index (χ1n) is 10.7. The Morgan fingerprint density at radius 1 is 0.500 bits per heavy atom. The molecular weight excluding hydrogens is 411 g/mol. The van der Waals surface area contributed by atoms with Crippen LogP contribution in [-0.4, -0.2) is 10.2 Å². The molecule has 5 aromatic rings. The molecule has 0 amide bonds. The normalized spacial score (nSPS) is 11.4. The number of phenols is 2. The second kappa shape index (κ2) is 7.65. The lowest BCUT2D eigenvalue weighted by Crippen LogP contribution is -2.10. The fraction of sp³-hybridized carbons (Fsp3) is 0.103. The van der Waals surface area contributed by atoms with E-state index < -0.39 is 0 Å². The highest BCUT2D eigenvalue weighted by Crippen LogP contribution is 2.46. The highest BCUT2D eigenvalue weighted by atomic mass is 31.0. The smallest absolute Gasteiger partial charge is 0.124 e. The summed E-state index contributed by atoms with van der Waals surface area (Å²) in [5.41, 5.74) is 6.96. The van der Waals surface area contributed by atoms with E-state index in [2.05, 4.69) is 54.3 Å². The maximum absolute atomic E-state index is 11.0. The molecule has 0 fully saturated rings. The first kappa shape index (κ1) is 20.5. The summed E-state index contributed by atoms with van der Waals surface area (Å²) in [6.45, 7) is 6.30. The van der Waals surface area contributed by atoms with E-state index in [9.17, 15) is 10.2 Å². The second-order valence-corrected chi connectivity index (χ2v) is 8.98. The fourth-order valence-electron chi connectivity index (χ4n) is 5.03. The summed E-state index contributed by atoms with van der Waals surface area (Å²) in [6.07, 6.45) is 0. The molecule has 0 aliphatic heterocycles. The van der Waals surface area contributed by atoms with E-state index in [1.54, 1.807) is 12.1 Å². The highest BCUT2D eigenvalue weighted by molar-refractivity contribution is 7.27. The first-order valence-corrected chi connectivity index (χ1v) is 11.3. The standard InChI is InChI=1S/C29H25O2P/c1-16-25(27-21-10-6-4-8-19(21)12-14-23(27)30)17(2)29(32)18(3)26(16)28-22-11-7-5-9-20(22)13-15-24(28)31/h4-15,30-31H,32H2,1-3H3. The largest absolute Gasteiger partial charge is 0.507 e. The predicted octanol–water partition coefficient (Wildman–Crippen LogP) is 7.16. The predicted molar refractivity (Wildman–Crippen MR) is 139 cm³/mol. The third-order valence-corrected chi connectivity index (χ3v) is 7.49. The molecule has 3 heteroatoms. The van der Waals surface area contributed by atoms with Crippen molar-refractivity contribution in [1.29, 1.82) is 0 Å². The Morgan fingerprint density at radius 2 is 0.906 bits per heavy atom. The maximum atomic E-state index is 11.0. The summed E-state index contributed by atoms with van der Waals surface area (Å²) >= 11 is 0. The molecule has 2 N–H and O–H groups in total. The van der Waals surface area contributed by atoms with Crippen LogP contribution in [0.2, 0.25) is 0 Å². The molecule has 0 aliphatic rings. The van der Waals surface area contributed by atoms with Crippen LogP contribution in [0, 0.1) is 20.8 Å². The van der Waals surface area contributed by atoms with E-state index in [1.807, 2.05) is 36.4 Å². The van der Waals surface area contributed by atoms with Gasteiger partial charge in [0, 0.05) is 11.1 Å². The van der Waals surface area contributed by atoms with Gasteiger partial charge in [-0.2, -0.15) is 0 Å². The Kier molecular flexibility index (Phi) is 4.92. The minimum absolute atomic E-state index is 0.260. The molecule has 0 spiro atoms. The van der Waals surface area contributed by atoms with Gasteiger partial charge in [-0.05, 0) is 87.6 Å². The lowest BCUT2D eigenvalue weighted by Gasteiger charge is -2.24. The molecule has 0 bridgehead atoms. The monoisotopic (exact) mass is 436 g/mol. The lowest BCUT2D eigenvalue weighted by molar-refractivity contribution is 0.478. The minimum Gasteiger partial charge on any atom is -0.507 e. The minimum atomic E-state index is 0.260. The van der Waals surface area contributed by atoms with Gasteiger partial charge in [-0.25, -0.2) is 0 Å². The number of aromatic hydroxyl groups is 2. The van der Waals surface area contributed by atoms with Crippen molar-refractivity contribution in [3.8, 4) is 33.8 Å². The SMILES string of the molecule is Cc1c(P)c(C)c(-c2c(O)ccc3ccccc23)c(C)c1-c1c(O)ccc2ccccc12. The number of phenolic OH excluding ortho intramolecular Hbond substituents is 2. The van der Waals surface area contributed by atoms with Gasteiger partial charge >= 0.3 is 0 Å². The van der Waals surface area contributed by atoms with Gasteiger partial charge in [0.05, 0.1) is 0 Å². The third-order valence-electron chi connectivity index (χ3n) is 6.62. The molecule has 1 unspecified atom stereocenters. The Balaban J connectivity index is 1.96. The van der Waals surface area contributed by atoms with Crippen molar-refractivity contribution in [2.75, 3.05) is 0 Å². The summed E-state index contributed by atoms with van der Waals surface area (Å²) in [7, 11) is 2.88. The van der Waals surface area contributed by atoms with Crippen LogP contribution in [0.1, 0.15) is 16.7 Å². The summed E-state index contributed by atoms with van der Waals surface area (Å²) in [5, 5.41) is 27.3. The van der Waals surface area contributed by atoms with Gasteiger partial charge in [-0.3, -0.25) is 0 Å². The van der Waals surface area contributed by atoms with Gasteiger partial charge in [0.15, 0.2) is 0 Å². The van der Waals surface area contributed by atoms with Crippen LogP contribution in [0.25, 0.3) is 43.8 Å². The van der Waals surface area contributed by atoms with Gasteiger partial charge in [0.25, 0.3) is 0 Å². The van der Waals surface area contributed by atoms with E-state index in [0.717, 1.165) is 65.8 Å². The van der Waals surface area contributed by atoms with Crippen LogP contribution >= 0.6 is 9.24 Å². The summed E-state index contributed by atoms with van der Waals surface area (Å²) < 4.78 is 0. The van der Waals surface area contributed by atoms with Crippen LogP contribution in [-0.2, 0) is 0 Å². The number of fused-ring (bicyclic) bond motifs is 2. The Bertz CT molecular complexity index is 1420. The topological polar surface area (TPSA) is 40.5 Å². The van der Waals surface area contributed by atoms with Crippen molar-refractivity contribution in [1.82, 2.24) is 0 Å². The van der Waals surface area contributed by atoms with Crippen LogP contribution < -0.4 is 5.30 Å². The average molecular weight is 436 g/mol. The molecule has 158 valence electrons. The molecule has 0 saturated carbocycles. The molecule has 0 radical (unpaired) electrons. The van der Waals surface area contributed by atoms with Crippen molar-refractivity contribution in [2.45, 2.75) is 20.8 Å². The Hall–Kier alpha value is -3.35. The van der Waals surface area contributed by atoms with Crippen LogP contribution in [0.3, 0.4) is 0 Å². The van der Waals surface area contributed by atoms with Crippen LogP contribution in [0.4, 0.5) is 0 Å². The quantitative estimate of drug-likeness (QED) is 0.288. The average Bonchev–Trinajstić information content (AvgIpc) is 2.80. The van der Waals surface area contributed by atoms with Gasteiger partial charge in [0.1, 0.15) is 11.5 Å². The summed E-state index contributed by atoms with van der Waals surface area (Å²) in [4.78, 5) is 0. The molecule has 5 aromatic carbocycles. The number of hydrogen-bond donors (Lipinski definition) is 2. The summed E-state index contributed by atoms with van der Waals surface area (Å²) in [5.74, 6) is 0.521. The van der Waals surface area contributed by atoms with Gasteiger partial charge < -0.3 is 10.2 Å². The van der Waals surface area contributed by atoms with E-state index in [0.29, 0.717) is 0 Å². The van der Waals surface area contributed by atoms with Crippen molar-refractivity contribution in [3.05, 3.63) is 89.5 Å². The molecule has 2 nitrogen and oxygen atoms in total. The van der Waals surface area contributed by atoms with Crippen molar-refractivity contribution in [2.24, 2.45) is 0 Å². The number of rotatable bonds is 2. The first-order chi connectivity index (χ1) is 15.4. The van der Waals surface area contributed by atoms with E-state index in [-0.39, 0.29) is 11.5 Å². The zero-order chi connectivity index (χ0) is 22.6. The molecule has 0 aliphatic carbocycles. The molecule has 0 aromatic heterocycles. The molecule has 0 saturated heterocycles. The van der Waals surface area contributed by atoms with Crippen LogP contribution in [0.5, 0.6) is 11.5 Å². The van der Waals surface area contributed by atoms with Crippen LogP contribution in [0.15, 0.2) is 72.8 Å². The number of benzene rings is 5. The number of hydrogen-bond acceptors (Lipinski definition) is 2. The van der Waals surface area contributed by atoms with Crippen molar-refractivity contribution >= 4 is 36.1 Å². The Labute approximate surface area is 190 Å². The van der Waals surface area contributed by atoms with Crippen molar-refractivity contribution < 1.29 is 10.2 Å². The van der Waals surface area contributed by atoms with E-state index >= 15 is 0 Å². The molecular formula is C29H25O2P. The van der Waals surface area contributed by atoms with Gasteiger partial charge in [-0.1, -0.05) is 60.7 Å². The highest BCUT2D eigenvalue weighted by Gasteiger charge is 2.23. The molecule has 5 rings (SSSR count). The lowest BCUT2D eigenvalue weighted by atomic mass is 9.83. The van der Waals surface area contributed by atoms with Gasteiger partial charge in [-0.15, -0.1) is 9.24 Å². The summed E-state index contributed by atoms with van der Waals surface area (Å²) in [6, 6.07) is 23.7. The third kappa shape index (κ3) is 2.98. The van der Waals surface area contributed by atoms with Gasteiger partial charge in [0.2, 0.25) is 0 Å².